The first-order valence-electron chi connectivity index (χ1n) is 3.70. The third-order valence-electron chi connectivity index (χ3n) is 1.41. The van der Waals surface area contributed by atoms with Gasteiger partial charge in [0, 0.05) is 12.3 Å². The Kier molecular flexibility index (Phi) is 4.49. The molecular weight excluding hydrogens is 143 g/mol. The van der Waals surface area contributed by atoms with Crippen molar-refractivity contribution in [2.45, 2.75) is 27.2 Å². The highest BCUT2D eigenvalue weighted by atomic mass is 31.2. The molecule has 0 aliphatic heterocycles. The fourth-order valence-electron chi connectivity index (χ4n) is 0.858. The smallest absolute Gasteiger partial charge is 0.154 e. The Morgan fingerprint density at radius 3 is 2.30 bits per heavy atom. The van der Waals surface area contributed by atoms with Gasteiger partial charge in [0.2, 0.25) is 0 Å². The van der Waals surface area contributed by atoms with Crippen molar-refractivity contribution in [3.8, 4) is 11.6 Å². The summed E-state index contributed by atoms with van der Waals surface area (Å²) in [6, 6.07) is 0. The summed E-state index contributed by atoms with van der Waals surface area (Å²) in [7, 11) is -2.06. The zero-order chi connectivity index (χ0) is 8.04. The zero-order valence-electron chi connectivity index (χ0n) is 6.98. The van der Waals surface area contributed by atoms with Gasteiger partial charge >= 0.3 is 0 Å². The Bertz CT molecular complexity index is 185. The summed E-state index contributed by atoms with van der Waals surface area (Å²) < 4.78 is 11.6. The van der Waals surface area contributed by atoms with Gasteiger partial charge in [0.05, 0.1) is 0 Å². The quantitative estimate of drug-likeness (QED) is 0.456. The molecule has 0 bridgehead atoms. The summed E-state index contributed by atoms with van der Waals surface area (Å²) in [6.45, 7) is 5.73. The first kappa shape index (κ1) is 9.79. The van der Waals surface area contributed by atoms with Gasteiger partial charge in [-0.2, -0.15) is 0 Å². The summed E-state index contributed by atoms with van der Waals surface area (Å²) in [5, 5.41) is 0. The lowest BCUT2D eigenvalue weighted by Gasteiger charge is -2.05. The molecule has 58 valence electrons. The Morgan fingerprint density at radius 1 is 1.40 bits per heavy atom. The van der Waals surface area contributed by atoms with Crippen molar-refractivity contribution in [3.05, 3.63) is 0 Å². The van der Waals surface area contributed by atoms with Crippen LogP contribution in [0.4, 0.5) is 0 Å². The van der Waals surface area contributed by atoms with Crippen molar-refractivity contribution in [1.29, 1.82) is 0 Å². The van der Waals surface area contributed by atoms with E-state index in [-0.39, 0.29) is 0 Å². The van der Waals surface area contributed by atoms with Crippen molar-refractivity contribution in [2.75, 3.05) is 12.3 Å². The summed E-state index contributed by atoms with van der Waals surface area (Å²) >= 11 is 0. The topological polar surface area (TPSA) is 17.1 Å². The molecule has 0 N–H and O–H groups in total. The number of rotatable bonds is 3. The van der Waals surface area contributed by atoms with Crippen LogP contribution in [0.1, 0.15) is 27.2 Å². The van der Waals surface area contributed by atoms with Gasteiger partial charge in [-0.25, -0.2) is 0 Å². The second-order valence-corrected chi connectivity index (χ2v) is 5.37. The van der Waals surface area contributed by atoms with Crippen molar-refractivity contribution >= 4 is 7.14 Å². The van der Waals surface area contributed by atoms with Crippen LogP contribution in [0.3, 0.4) is 0 Å². The minimum atomic E-state index is -2.06. The van der Waals surface area contributed by atoms with Gasteiger partial charge in [-0.05, 0) is 19.0 Å². The molecule has 0 aromatic rings. The highest BCUT2D eigenvalue weighted by Gasteiger charge is 2.13. The van der Waals surface area contributed by atoms with E-state index in [0.717, 1.165) is 18.7 Å². The van der Waals surface area contributed by atoms with Crippen LogP contribution in [0.25, 0.3) is 0 Å². The van der Waals surface area contributed by atoms with Crippen molar-refractivity contribution in [2.24, 2.45) is 0 Å². The Balaban J connectivity index is 4.19. The molecule has 0 aromatic carbocycles. The van der Waals surface area contributed by atoms with Crippen LogP contribution in [0.5, 0.6) is 0 Å². The standard InChI is InChI=1S/C8H15OP/c1-4-7-10(9,6-3)8-5-2/h4,6-7H2,1-3H3. The van der Waals surface area contributed by atoms with Crippen molar-refractivity contribution < 1.29 is 4.57 Å². The molecular formula is C8H15OP. The predicted octanol–water partition coefficient (Wildman–Crippen LogP) is 2.76. The highest BCUT2D eigenvalue weighted by Crippen LogP contribution is 2.43. The van der Waals surface area contributed by atoms with Crippen LogP contribution in [-0.4, -0.2) is 12.3 Å². The minimum Gasteiger partial charge on any atom is -0.310 e. The molecule has 10 heavy (non-hydrogen) atoms. The van der Waals surface area contributed by atoms with E-state index in [9.17, 15) is 4.57 Å². The van der Waals surface area contributed by atoms with E-state index in [1.165, 1.54) is 0 Å². The van der Waals surface area contributed by atoms with E-state index >= 15 is 0 Å². The van der Waals surface area contributed by atoms with Crippen LogP contribution in [0, 0.1) is 11.6 Å². The molecule has 0 aromatic heterocycles. The van der Waals surface area contributed by atoms with E-state index in [0.29, 0.717) is 0 Å². The fourth-order valence-corrected chi connectivity index (χ4v) is 2.57. The number of hydrogen-bond acceptors (Lipinski definition) is 1. The second-order valence-electron chi connectivity index (χ2n) is 2.29. The summed E-state index contributed by atoms with van der Waals surface area (Å²) in [5.74, 6) is 2.73. The monoisotopic (exact) mass is 158 g/mol. The maximum absolute atomic E-state index is 11.6. The lowest BCUT2D eigenvalue weighted by Crippen LogP contribution is -1.87. The summed E-state index contributed by atoms with van der Waals surface area (Å²) in [5.41, 5.74) is 2.82. The normalized spacial score (nSPS) is 15.1. The van der Waals surface area contributed by atoms with Gasteiger partial charge in [0.1, 0.15) is 0 Å². The van der Waals surface area contributed by atoms with Gasteiger partial charge in [-0.1, -0.05) is 19.8 Å². The molecule has 0 saturated heterocycles. The first-order valence-corrected chi connectivity index (χ1v) is 5.78. The Labute approximate surface area is 63.6 Å². The number of hydrogen-bond donors (Lipinski definition) is 0. The Hall–Kier alpha value is -0.210. The lowest BCUT2D eigenvalue weighted by atomic mass is 10.6. The third kappa shape index (κ3) is 3.08. The molecule has 1 nitrogen and oxygen atoms in total. The average molecular weight is 158 g/mol. The SMILES string of the molecule is CC#CP(=O)(CC)CCC. The molecule has 0 rings (SSSR count). The molecule has 0 fully saturated rings. The molecule has 0 spiro atoms. The maximum Gasteiger partial charge on any atom is 0.154 e. The van der Waals surface area contributed by atoms with Crippen LogP contribution in [0.2, 0.25) is 0 Å². The Morgan fingerprint density at radius 2 is 2.00 bits per heavy atom. The van der Waals surface area contributed by atoms with Crippen LogP contribution in [0.15, 0.2) is 0 Å². The molecule has 0 heterocycles. The molecule has 1 atom stereocenters. The van der Waals surface area contributed by atoms with Crippen LogP contribution in [-0.2, 0) is 4.57 Å². The largest absolute Gasteiger partial charge is 0.310 e. The van der Waals surface area contributed by atoms with Crippen LogP contribution < -0.4 is 0 Å². The highest BCUT2D eigenvalue weighted by molar-refractivity contribution is 7.68. The molecule has 1 unspecified atom stereocenters. The van der Waals surface area contributed by atoms with Crippen molar-refractivity contribution in [1.82, 2.24) is 0 Å². The van der Waals surface area contributed by atoms with Crippen LogP contribution >= 0.6 is 7.14 Å². The predicted molar refractivity (Wildman–Crippen MR) is 46.8 cm³/mol. The van der Waals surface area contributed by atoms with Gasteiger partial charge in [-0.15, -0.1) is 0 Å². The lowest BCUT2D eigenvalue weighted by molar-refractivity contribution is 0.581. The van der Waals surface area contributed by atoms with E-state index < -0.39 is 7.14 Å². The molecule has 2 heteroatoms. The van der Waals surface area contributed by atoms with Gasteiger partial charge in [0.15, 0.2) is 7.14 Å². The van der Waals surface area contributed by atoms with Gasteiger partial charge < -0.3 is 4.57 Å². The minimum absolute atomic E-state index is 0.724. The van der Waals surface area contributed by atoms with E-state index in [2.05, 4.69) is 11.6 Å². The maximum atomic E-state index is 11.6. The van der Waals surface area contributed by atoms with E-state index in [1.807, 2.05) is 13.8 Å². The average Bonchev–Trinajstić information content (AvgIpc) is 1.89. The molecule has 0 aliphatic rings. The molecule has 0 amide bonds. The van der Waals surface area contributed by atoms with E-state index in [4.69, 9.17) is 0 Å². The summed E-state index contributed by atoms with van der Waals surface area (Å²) in [4.78, 5) is 0. The fraction of sp³-hybridized carbons (Fsp3) is 0.750. The van der Waals surface area contributed by atoms with E-state index in [1.54, 1.807) is 6.92 Å². The van der Waals surface area contributed by atoms with Gasteiger partial charge in [-0.3, -0.25) is 0 Å². The van der Waals surface area contributed by atoms with Crippen molar-refractivity contribution in [3.63, 3.8) is 0 Å². The molecule has 0 saturated carbocycles. The second kappa shape index (κ2) is 4.58. The van der Waals surface area contributed by atoms with Gasteiger partial charge in [0.25, 0.3) is 0 Å². The molecule has 0 radical (unpaired) electrons. The summed E-state index contributed by atoms with van der Waals surface area (Å²) in [6.07, 6.45) is 2.48. The zero-order valence-corrected chi connectivity index (χ0v) is 7.87. The first-order chi connectivity index (χ1) is 4.68. The molecule has 0 aliphatic carbocycles. The third-order valence-corrected chi connectivity index (χ3v) is 4.23.